The summed E-state index contributed by atoms with van der Waals surface area (Å²) in [6.45, 7) is 0.239. The molecule has 0 bridgehead atoms. The molecule has 0 fully saturated rings. The van der Waals surface area contributed by atoms with E-state index in [1.165, 1.54) is 12.1 Å². The molecular weight excluding hydrogens is 211 g/mol. The van der Waals surface area contributed by atoms with Gasteiger partial charge < -0.3 is 10.1 Å². The summed E-state index contributed by atoms with van der Waals surface area (Å²) in [6, 6.07) is 3.65. The second-order valence-electron chi connectivity index (χ2n) is 3.05. The quantitative estimate of drug-likeness (QED) is 0.779. The molecular formula is C9H6F3NO2. The minimum Gasteiger partial charge on any atom is -0.406 e. The normalized spacial score (nSPS) is 14.7. The highest BCUT2D eigenvalue weighted by Gasteiger charge is 2.31. The van der Waals surface area contributed by atoms with Gasteiger partial charge in [-0.2, -0.15) is 0 Å². The number of benzene rings is 1. The highest BCUT2D eigenvalue weighted by atomic mass is 19.4. The maximum Gasteiger partial charge on any atom is 0.573 e. The topological polar surface area (TPSA) is 38.3 Å². The van der Waals surface area contributed by atoms with E-state index in [-0.39, 0.29) is 18.2 Å². The fourth-order valence-corrected chi connectivity index (χ4v) is 1.41. The van der Waals surface area contributed by atoms with Crippen molar-refractivity contribution in [2.24, 2.45) is 0 Å². The molecule has 1 amide bonds. The van der Waals surface area contributed by atoms with Crippen molar-refractivity contribution < 1.29 is 22.7 Å². The van der Waals surface area contributed by atoms with Gasteiger partial charge in [-0.15, -0.1) is 13.2 Å². The zero-order valence-electron chi connectivity index (χ0n) is 7.39. The fraction of sp³-hybridized carbons (Fsp3) is 0.222. The summed E-state index contributed by atoms with van der Waals surface area (Å²) in [5, 5.41) is 2.50. The fourth-order valence-electron chi connectivity index (χ4n) is 1.41. The molecule has 0 unspecified atom stereocenters. The number of hydrogen-bond acceptors (Lipinski definition) is 2. The molecule has 1 aliphatic rings. The lowest BCUT2D eigenvalue weighted by molar-refractivity contribution is -0.274. The van der Waals surface area contributed by atoms with E-state index in [0.29, 0.717) is 11.1 Å². The van der Waals surface area contributed by atoms with Gasteiger partial charge in [0.25, 0.3) is 5.91 Å². The van der Waals surface area contributed by atoms with E-state index in [1.807, 2.05) is 0 Å². The monoisotopic (exact) mass is 217 g/mol. The third-order valence-corrected chi connectivity index (χ3v) is 1.99. The van der Waals surface area contributed by atoms with Crippen molar-refractivity contribution in [2.75, 3.05) is 0 Å². The number of hydrogen-bond donors (Lipinski definition) is 1. The first-order valence-corrected chi connectivity index (χ1v) is 4.12. The molecule has 2 rings (SSSR count). The second kappa shape index (κ2) is 3.15. The van der Waals surface area contributed by atoms with E-state index in [1.54, 1.807) is 0 Å². The van der Waals surface area contributed by atoms with Gasteiger partial charge in [-0.3, -0.25) is 4.79 Å². The van der Waals surface area contributed by atoms with Crippen LogP contribution in [0.25, 0.3) is 0 Å². The van der Waals surface area contributed by atoms with E-state index in [2.05, 4.69) is 10.1 Å². The van der Waals surface area contributed by atoms with Crippen LogP contribution in [0, 0.1) is 0 Å². The Bertz CT molecular complexity index is 414. The lowest BCUT2D eigenvalue weighted by Crippen LogP contribution is -2.17. The van der Waals surface area contributed by atoms with Gasteiger partial charge in [0, 0.05) is 12.1 Å². The first kappa shape index (κ1) is 9.82. The summed E-state index contributed by atoms with van der Waals surface area (Å²) in [7, 11) is 0. The van der Waals surface area contributed by atoms with Crippen LogP contribution in [0.2, 0.25) is 0 Å². The number of nitrogens with one attached hydrogen (secondary N) is 1. The molecule has 0 radical (unpaired) electrons. The third kappa shape index (κ3) is 2.03. The van der Waals surface area contributed by atoms with E-state index in [9.17, 15) is 18.0 Å². The number of carbonyl (C=O) groups excluding carboxylic acids is 1. The van der Waals surface area contributed by atoms with Crippen molar-refractivity contribution in [3.05, 3.63) is 29.3 Å². The van der Waals surface area contributed by atoms with Gasteiger partial charge in [0.1, 0.15) is 5.75 Å². The van der Waals surface area contributed by atoms with Crippen LogP contribution in [-0.2, 0) is 6.54 Å². The molecule has 1 N–H and O–H groups in total. The number of fused-ring (bicyclic) bond motifs is 1. The minimum atomic E-state index is -4.70. The molecule has 1 aromatic rings. The van der Waals surface area contributed by atoms with Crippen LogP contribution in [-0.4, -0.2) is 12.3 Å². The molecule has 3 nitrogen and oxygen atoms in total. The molecule has 0 aliphatic carbocycles. The summed E-state index contributed by atoms with van der Waals surface area (Å²) < 4.78 is 39.3. The van der Waals surface area contributed by atoms with Crippen LogP contribution >= 0.6 is 0 Å². The SMILES string of the molecule is O=C1NCc2cc(OC(F)(F)F)ccc21. The Hall–Kier alpha value is -1.72. The average molecular weight is 217 g/mol. The largest absolute Gasteiger partial charge is 0.573 e. The van der Waals surface area contributed by atoms with Gasteiger partial charge in [-0.05, 0) is 23.8 Å². The lowest BCUT2D eigenvalue weighted by Gasteiger charge is -2.09. The van der Waals surface area contributed by atoms with Gasteiger partial charge in [0.2, 0.25) is 0 Å². The van der Waals surface area contributed by atoms with Crippen molar-refractivity contribution in [3.8, 4) is 5.75 Å². The van der Waals surface area contributed by atoms with Crippen molar-refractivity contribution >= 4 is 5.91 Å². The van der Waals surface area contributed by atoms with Gasteiger partial charge in [0.05, 0.1) is 0 Å². The van der Waals surface area contributed by atoms with Crippen LogP contribution < -0.4 is 10.1 Å². The molecule has 0 saturated carbocycles. The lowest BCUT2D eigenvalue weighted by atomic mass is 10.1. The van der Waals surface area contributed by atoms with E-state index in [0.717, 1.165) is 6.07 Å². The molecule has 6 heteroatoms. The number of ether oxygens (including phenoxy) is 1. The molecule has 0 saturated heterocycles. The highest BCUT2D eigenvalue weighted by molar-refractivity contribution is 5.98. The zero-order valence-corrected chi connectivity index (χ0v) is 7.39. The maximum absolute atomic E-state index is 11.9. The molecule has 0 atom stereocenters. The molecule has 0 aromatic heterocycles. The highest BCUT2D eigenvalue weighted by Crippen LogP contribution is 2.26. The summed E-state index contributed by atoms with van der Waals surface area (Å²) >= 11 is 0. The summed E-state index contributed by atoms with van der Waals surface area (Å²) in [4.78, 5) is 11.1. The molecule has 15 heavy (non-hydrogen) atoms. The minimum absolute atomic E-state index is 0.239. The number of halogens is 3. The third-order valence-electron chi connectivity index (χ3n) is 1.99. The van der Waals surface area contributed by atoms with Gasteiger partial charge in [-0.25, -0.2) is 0 Å². The smallest absolute Gasteiger partial charge is 0.406 e. The Balaban J connectivity index is 2.27. The Kier molecular flexibility index (Phi) is 2.06. The predicted molar refractivity (Wildman–Crippen MR) is 44.3 cm³/mol. The molecule has 80 valence electrons. The zero-order chi connectivity index (χ0) is 11.1. The standard InChI is InChI=1S/C9H6F3NO2/c10-9(11,12)15-6-1-2-7-5(3-6)4-13-8(7)14/h1-3H,4H2,(H,13,14). The summed E-state index contributed by atoms with van der Waals surface area (Å²) in [5.41, 5.74) is 0.909. The Labute approximate surface area is 82.8 Å². The van der Waals surface area contributed by atoms with E-state index >= 15 is 0 Å². The van der Waals surface area contributed by atoms with Crippen molar-refractivity contribution in [3.63, 3.8) is 0 Å². The van der Waals surface area contributed by atoms with Crippen LogP contribution in [0.5, 0.6) is 5.75 Å². The first-order chi connectivity index (χ1) is 6.96. The molecule has 1 aliphatic heterocycles. The van der Waals surface area contributed by atoms with Crippen LogP contribution in [0.1, 0.15) is 15.9 Å². The average Bonchev–Trinajstić information content (AvgIpc) is 2.45. The molecule has 1 heterocycles. The number of amides is 1. The van der Waals surface area contributed by atoms with E-state index in [4.69, 9.17) is 0 Å². The van der Waals surface area contributed by atoms with Crippen LogP contribution in [0.3, 0.4) is 0 Å². The Morgan fingerprint density at radius 1 is 1.33 bits per heavy atom. The molecule has 1 aromatic carbocycles. The second-order valence-corrected chi connectivity index (χ2v) is 3.05. The number of alkyl halides is 3. The molecule has 0 spiro atoms. The van der Waals surface area contributed by atoms with Gasteiger partial charge in [0.15, 0.2) is 0 Å². The van der Waals surface area contributed by atoms with Gasteiger partial charge in [-0.1, -0.05) is 0 Å². The summed E-state index contributed by atoms with van der Waals surface area (Å²) in [5.74, 6) is -0.582. The summed E-state index contributed by atoms with van der Waals surface area (Å²) in [6.07, 6.45) is -4.70. The Morgan fingerprint density at radius 2 is 2.07 bits per heavy atom. The first-order valence-electron chi connectivity index (χ1n) is 4.12. The van der Waals surface area contributed by atoms with Gasteiger partial charge >= 0.3 is 6.36 Å². The Morgan fingerprint density at radius 3 is 2.73 bits per heavy atom. The maximum atomic E-state index is 11.9. The van der Waals surface area contributed by atoms with Crippen molar-refractivity contribution in [2.45, 2.75) is 12.9 Å². The predicted octanol–water partition coefficient (Wildman–Crippen LogP) is 1.83. The van der Waals surface area contributed by atoms with Crippen molar-refractivity contribution in [1.82, 2.24) is 5.32 Å². The number of rotatable bonds is 1. The van der Waals surface area contributed by atoms with Crippen molar-refractivity contribution in [1.29, 1.82) is 0 Å². The van der Waals surface area contributed by atoms with Crippen LogP contribution in [0.4, 0.5) is 13.2 Å². The van der Waals surface area contributed by atoms with Crippen LogP contribution in [0.15, 0.2) is 18.2 Å². The number of carbonyl (C=O) groups is 1. The van der Waals surface area contributed by atoms with E-state index < -0.39 is 6.36 Å².